The van der Waals surface area contributed by atoms with Crippen molar-refractivity contribution in [2.75, 3.05) is 0 Å². The van der Waals surface area contributed by atoms with Crippen molar-refractivity contribution in [3.05, 3.63) is 14.7 Å². The van der Waals surface area contributed by atoms with Gasteiger partial charge in [-0.25, -0.2) is 13.1 Å². The number of sulfonamides is 1. The van der Waals surface area contributed by atoms with Gasteiger partial charge in [-0.15, -0.1) is 11.3 Å². The zero-order chi connectivity index (χ0) is 15.0. The molecule has 1 aromatic heterocycles. The molecule has 1 aliphatic carbocycles. The van der Waals surface area contributed by atoms with Crippen LogP contribution in [0, 0.1) is 0 Å². The van der Waals surface area contributed by atoms with E-state index in [1.807, 2.05) is 6.92 Å². The molecule has 0 aliphatic heterocycles. The highest BCUT2D eigenvalue weighted by Crippen LogP contribution is 2.36. The predicted molar refractivity (Wildman–Crippen MR) is 86.6 cm³/mol. The van der Waals surface area contributed by atoms with Gasteiger partial charge in [-0.1, -0.05) is 13.8 Å². The van der Waals surface area contributed by atoms with Crippen LogP contribution in [0.4, 0.5) is 0 Å². The maximum absolute atomic E-state index is 12.5. The van der Waals surface area contributed by atoms with Gasteiger partial charge in [-0.2, -0.15) is 0 Å². The van der Waals surface area contributed by atoms with Crippen LogP contribution >= 0.6 is 27.3 Å². The number of rotatable bonds is 6. The number of hydrogen-bond donors (Lipinski definition) is 2. The van der Waals surface area contributed by atoms with E-state index in [1.54, 1.807) is 6.07 Å². The van der Waals surface area contributed by atoms with Gasteiger partial charge in [0.05, 0.1) is 3.79 Å². The Bertz CT molecular complexity index is 577. The van der Waals surface area contributed by atoms with Crippen molar-refractivity contribution in [3.8, 4) is 0 Å². The van der Waals surface area contributed by atoms with Crippen LogP contribution in [0.1, 0.15) is 44.9 Å². The summed E-state index contributed by atoms with van der Waals surface area (Å²) in [5.41, 5.74) is -0.267. The molecule has 1 heterocycles. The van der Waals surface area contributed by atoms with Gasteiger partial charge in [0.2, 0.25) is 10.0 Å². The molecule has 0 radical (unpaired) electrons. The van der Waals surface area contributed by atoms with Crippen LogP contribution in [0.25, 0.3) is 0 Å². The maximum Gasteiger partial charge on any atom is 0.243 e. The summed E-state index contributed by atoms with van der Waals surface area (Å²) in [7, 11) is -3.44. The normalized spacial score (nSPS) is 18.2. The molecule has 1 saturated carbocycles. The molecule has 0 unspecified atom stereocenters. The Hall–Kier alpha value is 0.0500. The van der Waals surface area contributed by atoms with Crippen LogP contribution in [-0.2, 0) is 16.6 Å². The van der Waals surface area contributed by atoms with Crippen LogP contribution in [0.5, 0.6) is 0 Å². The average molecular weight is 381 g/mol. The molecular weight excluding hydrogens is 360 g/mol. The van der Waals surface area contributed by atoms with E-state index >= 15 is 0 Å². The minimum atomic E-state index is -3.44. The molecule has 4 nitrogen and oxygen atoms in total. The van der Waals surface area contributed by atoms with Crippen molar-refractivity contribution in [1.82, 2.24) is 10.0 Å². The number of nitrogens with one attached hydrogen (secondary N) is 2. The van der Waals surface area contributed by atoms with Gasteiger partial charge < -0.3 is 5.32 Å². The monoisotopic (exact) mass is 380 g/mol. The molecule has 0 bridgehead atoms. The maximum atomic E-state index is 12.5. The predicted octanol–water partition coefficient (Wildman–Crippen LogP) is 3.23. The van der Waals surface area contributed by atoms with E-state index in [0.29, 0.717) is 21.3 Å². The second-order valence-corrected chi connectivity index (χ2v) is 10.0. The second kappa shape index (κ2) is 6.04. The van der Waals surface area contributed by atoms with E-state index in [-0.39, 0.29) is 5.54 Å². The lowest BCUT2D eigenvalue weighted by Gasteiger charge is -2.38. The minimum absolute atomic E-state index is 0.267. The molecule has 0 spiro atoms. The molecule has 20 heavy (non-hydrogen) atoms. The molecule has 0 amide bonds. The molecule has 1 aliphatic rings. The first-order valence-corrected chi connectivity index (χ1v) is 9.87. The number of hydrogen-bond acceptors (Lipinski definition) is 4. The topological polar surface area (TPSA) is 58.2 Å². The Morgan fingerprint density at radius 1 is 1.45 bits per heavy atom. The highest BCUT2D eigenvalue weighted by atomic mass is 79.9. The Labute approximate surface area is 133 Å². The van der Waals surface area contributed by atoms with Gasteiger partial charge in [0.25, 0.3) is 0 Å². The van der Waals surface area contributed by atoms with E-state index < -0.39 is 10.0 Å². The van der Waals surface area contributed by atoms with E-state index in [9.17, 15) is 8.42 Å². The Balaban J connectivity index is 2.15. The summed E-state index contributed by atoms with van der Waals surface area (Å²) in [6, 6.07) is 2.14. The summed E-state index contributed by atoms with van der Waals surface area (Å²) in [5, 5.41) is 3.30. The molecule has 7 heteroatoms. The highest BCUT2D eigenvalue weighted by Gasteiger charge is 2.37. The molecule has 0 saturated heterocycles. The fourth-order valence-corrected chi connectivity index (χ4v) is 6.26. The first-order chi connectivity index (χ1) is 9.22. The summed E-state index contributed by atoms with van der Waals surface area (Å²) < 4.78 is 28.4. The van der Waals surface area contributed by atoms with Crippen molar-refractivity contribution in [2.24, 2.45) is 0 Å². The average Bonchev–Trinajstić information content (AvgIpc) is 2.66. The molecule has 114 valence electrons. The van der Waals surface area contributed by atoms with Gasteiger partial charge in [0.1, 0.15) is 4.90 Å². The van der Waals surface area contributed by atoms with Crippen molar-refractivity contribution in [2.45, 2.75) is 63.1 Å². The fraction of sp³-hybridized carbons (Fsp3) is 0.692. The van der Waals surface area contributed by atoms with Crippen LogP contribution < -0.4 is 10.0 Å². The van der Waals surface area contributed by atoms with Gasteiger partial charge in [0, 0.05) is 23.0 Å². The quantitative estimate of drug-likeness (QED) is 0.796. The van der Waals surface area contributed by atoms with E-state index in [2.05, 4.69) is 39.8 Å². The SMILES string of the molecule is CC(C)NCc1cc(S(=O)(=O)NC2(C)CCC2)c(Br)s1. The molecule has 1 fully saturated rings. The molecular formula is C13H21BrN2O2S2. The fourth-order valence-electron chi connectivity index (χ4n) is 2.16. The van der Waals surface area contributed by atoms with Crippen LogP contribution in [0.3, 0.4) is 0 Å². The van der Waals surface area contributed by atoms with Gasteiger partial charge in [-0.3, -0.25) is 0 Å². The van der Waals surface area contributed by atoms with E-state index in [4.69, 9.17) is 0 Å². The largest absolute Gasteiger partial charge is 0.310 e. The Morgan fingerprint density at radius 2 is 2.10 bits per heavy atom. The van der Waals surface area contributed by atoms with Crippen molar-refractivity contribution < 1.29 is 8.42 Å². The third-order valence-electron chi connectivity index (χ3n) is 3.52. The zero-order valence-corrected chi connectivity index (χ0v) is 15.2. The van der Waals surface area contributed by atoms with Crippen molar-refractivity contribution >= 4 is 37.3 Å². The molecule has 2 rings (SSSR count). The number of thiophene rings is 1. The summed E-state index contributed by atoms with van der Waals surface area (Å²) in [4.78, 5) is 1.38. The molecule has 0 atom stereocenters. The first-order valence-electron chi connectivity index (χ1n) is 6.77. The molecule has 0 aromatic carbocycles. The summed E-state index contributed by atoms with van der Waals surface area (Å²) in [5.74, 6) is 0. The highest BCUT2D eigenvalue weighted by molar-refractivity contribution is 9.11. The summed E-state index contributed by atoms with van der Waals surface area (Å²) >= 11 is 4.85. The minimum Gasteiger partial charge on any atom is -0.310 e. The van der Waals surface area contributed by atoms with Gasteiger partial charge in [-0.05, 0) is 48.2 Å². The van der Waals surface area contributed by atoms with Gasteiger partial charge in [0.15, 0.2) is 0 Å². The Kier molecular flexibility index (Phi) is 4.96. The van der Waals surface area contributed by atoms with E-state index in [0.717, 1.165) is 24.1 Å². The van der Waals surface area contributed by atoms with Crippen molar-refractivity contribution in [1.29, 1.82) is 0 Å². The lowest BCUT2D eigenvalue weighted by atomic mass is 9.80. The lowest BCUT2D eigenvalue weighted by Crippen LogP contribution is -2.50. The standard InChI is InChI=1S/C13H21BrN2O2S2/c1-9(2)15-8-10-7-11(12(14)19-10)20(17,18)16-13(3)5-4-6-13/h7,9,15-16H,4-6,8H2,1-3H3. The van der Waals surface area contributed by atoms with Crippen molar-refractivity contribution in [3.63, 3.8) is 0 Å². The smallest absolute Gasteiger partial charge is 0.243 e. The lowest BCUT2D eigenvalue weighted by molar-refractivity contribution is 0.248. The number of halogens is 1. The molecule has 2 N–H and O–H groups in total. The first kappa shape index (κ1) is 16.4. The summed E-state index contributed by atoms with van der Waals surface area (Å²) in [6.45, 7) is 6.79. The zero-order valence-electron chi connectivity index (χ0n) is 12.0. The third-order valence-corrected chi connectivity index (χ3v) is 7.41. The second-order valence-electron chi connectivity index (χ2n) is 5.91. The molecule has 1 aromatic rings. The van der Waals surface area contributed by atoms with E-state index in [1.165, 1.54) is 11.3 Å². The van der Waals surface area contributed by atoms with Crippen LogP contribution in [0.15, 0.2) is 14.7 Å². The van der Waals surface area contributed by atoms with Gasteiger partial charge >= 0.3 is 0 Å². The van der Waals surface area contributed by atoms with Crippen LogP contribution in [-0.4, -0.2) is 20.0 Å². The Morgan fingerprint density at radius 3 is 2.60 bits per heavy atom. The third kappa shape index (κ3) is 3.82. The summed E-state index contributed by atoms with van der Waals surface area (Å²) in [6.07, 6.45) is 2.92. The van der Waals surface area contributed by atoms with Crippen LogP contribution in [0.2, 0.25) is 0 Å².